The lowest BCUT2D eigenvalue weighted by atomic mass is 9.97. The van der Waals surface area contributed by atoms with Crippen LogP contribution in [0.15, 0.2) is 0 Å². The Hall–Kier alpha value is -0.120. The molecule has 1 atom stereocenters. The maximum atomic E-state index is 8.97. The smallest absolute Gasteiger partial charge is 0.0582 e. The lowest BCUT2D eigenvalue weighted by Gasteiger charge is -2.41. The van der Waals surface area contributed by atoms with E-state index < -0.39 is 0 Å². The molecule has 15 heavy (non-hydrogen) atoms. The Morgan fingerprint density at radius 1 is 1.33 bits per heavy atom. The minimum absolute atomic E-state index is 0.233. The number of rotatable bonds is 3. The fraction of sp³-hybridized carbons (Fsp3) is 1.00. The molecule has 0 spiro atoms. The highest BCUT2D eigenvalue weighted by Crippen LogP contribution is 2.20. The molecule has 0 amide bonds. The van der Waals surface area contributed by atoms with Gasteiger partial charge in [-0.05, 0) is 40.5 Å². The molecule has 2 N–H and O–H groups in total. The third-order valence-electron chi connectivity index (χ3n) is 3.24. The first-order valence-corrected chi connectivity index (χ1v) is 6.05. The van der Waals surface area contributed by atoms with Crippen LogP contribution in [0.4, 0.5) is 0 Å². The van der Waals surface area contributed by atoms with Gasteiger partial charge in [-0.15, -0.1) is 0 Å². The van der Waals surface area contributed by atoms with Gasteiger partial charge < -0.3 is 10.4 Å². The zero-order chi connectivity index (χ0) is 11.5. The van der Waals surface area contributed by atoms with E-state index in [0.29, 0.717) is 11.6 Å². The maximum absolute atomic E-state index is 8.97. The van der Waals surface area contributed by atoms with E-state index >= 15 is 0 Å². The van der Waals surface area contributed by atoms with Crippen LogP contribution < -0.4 is 5.32 Å². The number of piperidine rings is 1. The summed E-state index contributed by atoms with van der Waals surface area (Å²) in [5, 5.41) is 12.4. The second-order valence-electron chi connectivity index (χ2n) is 5.68. The molecule has 1 saturated heterocycles. The van der Waals surface area contributed by atoms with Crippen molar-refractivity contribution in [2.45, 2.75) is 58.2 Å². The van der Waals surface area contributed by atoms with Gasteiger partial charge in [0.25, 0.3) is 0 Å². The van der Waals surface area contributed by atoms with Crippen molar-refractivity contribution in [2.75, 3.05) is 19.7 Å². The lowest BCUT2D eigenvalue weighted by Crippen LogP contribution is -2.51. The number of nitrogens with one attached hydrogen (secondary N) is 1. The third kappa shape index (κ3) is 4.09. The molecule has 0 saturated carbocycles. The average Bonchev–Trinajstić information content (AvgIpc) is 2.17. The molecule has 0 aromatic heterocycles. The van der Waals surface area contributed by atoms with Crippen molar-refractivity contribution in [1.82, 2.24) is 10.2 Å². The van der Waals surface area contributed by atoms with Gasteiger partial charge in [-0.1, -0.05) is 0 Å². The molecular formula is C12H26N2O. The highest BCUT2D eigenvalue weighted by atomic mass is 16.3. The summed E-state index contributed by atoms with van der Waals surface area (Å²) in [5.41, 5.74) is 0.299. The van der Waals surface area contributed by atoms with E-state index in [1.54, 1.807) is 0 Å². The highest BCUT2D eigenvalue weighted by molar-refractivity contribution is 4.85. The van der Waals surface area contributed by atoms with E-state index in [2.05, 4.69) is 31.0 Å². The Kier molecular flexibility index (Phi) is 4.56. The van der Waals surface area contributed by atoms with Crippen LogP contribution in [-0.2, 0) is 0 Å². The summed E-state index contributed by atoms with van der Waals surface area (Å²) in [6.07, 6.45) is 2.39. The van der Waals surface area contributed by atoms with Crippen LogP contribution in [-0.4, -0.2) is 47.3 Å². The molecule has 0 aliphatic carbocycles. The molecule has 0 aromatic rings. The van der Waals surface area contributed by atoms with Crippen LogP contribution in [0.3, 0.4) is 0 Å². The second-order valence-corrected chi connectivity index (χ2v) is 5.68. The molecule has 1 aliphatic rings. The lowest BCUT2D eigenvalue weighted by molar-refractivity contribution is 0.0914. The quantitative estimate of drug-likeness (QED) is 0.741. The van der Waals surface area contributed by atoms with Gasteiger partial charge in [0.05, 0.1) is 6.61 Å². The molecule has 1 fully saturated rings. The Morgan fingerprint density at radius 2 is 1.87 bits per heavy atom. The molecule has 0 bridgehead atoms. The van der Waals surface area contributed by atoms with Gasteiger partial charge in [0.15, 0.2) is 0 Å². The van der Waals surface area contributed by atoms with E-state index in [1.807, 2.05) is 6.92 Å². The largest absolute Gasteiger partial charge is 0.395 e. The van der Waals surface area contributed by atoms with Crippen molar-refractivity contribution < 1.29 is 5.11 Å². The average molecular weight is 214 g/mol. The second kappa shape index (κ2) is 5.28. The zero-order valence-electron chi connectivity index (χ0n) is 10.6. The Balaban J connectivity index is 2.30. The molecule has 0 aromatic carbocycles. The molecule has 90 valence electrons. The number of nitrogens with zero attached hydrogens (tertiary/aromatic N) is 1. The summed E-state index contributed by atoms with van der Waals surface area (Å²) in [4.78, 5) is 2.54. The van der Waals surface area contributed by atoms with Crippen LogP contribution in [0.5, 0.6) is 0 Å². The van der Waals surface area contributed by atoms with E-state index in [4.69, 9.17) is 5.11 Å². The highest BCUT2D eigenvalue weighted by Gasteiger charge is 2.27. The van der Waals surface area contributed by atoms with Crippen molar-refractivity contribution >= 4 is 0 Å². The van der Waals surface area contributed by atoms with Crippen molar-refractivity contribution in [3.63, 3.8) is 0 Å². The molecule has 0 radical (unpaired) electrons. The van der Waals surface area contributed by atoms with Crippen molar-refractivity contribution in [1.29, 1.82) is 0 Å². The first-order chi connectivity index (χ1) is 6.93. The molecule has 3 nitrogen and oxygen atoms in total. The zero-order valence-corrected chi connectivity index (χ0v) is 10.6. The SMILES string of the molecule is CC(CO)NC1CCN(C(C)(C)C)CC1. The summed E-state index contributed by atoms with van der Waals surface area (Å²) in [6.45, 7) is 11.4. The predicted octanol–water partition coefficient (Wildman–Crippen LogP) is 1.22. The van der Waals surface area contributed by atoms with Crippen molar-refractivity contribution in [3.8, 4) is 0 Å². The first kappa shape index (κ1) is 12.9. The van der Waals surface area contributed by atoms with Crippen LogP contribution in [0.2, 0.25) is 0 Å². The number of hydrogen-bond donors (Lipinski definition) is 2. The fourth-order valence-electron chi connectivity index (χ4n) is 2.17. The Morgan fingerprint density at radius 3 is 2.27 bits per heavy atom. The van der Waals surface area contributed by atoms with Gasteiger partial charge in [0, 0.05) is 30.7 Å². The molecule has 1 rings (SSSR count). The van der Waals surface area contributed by atoms with Gasteiger partial charge >= 0.3 is 0 Å². The Bertz CT molecular complexity index is 181. The number of aliphatic hydroxyl groups is 1. The van der Waals surface area contributed by atoms with Crippen LogP contribution in [0, 0.1) is 0 Å². The minimum atomic E-state index is 0.233. The van der Waals surface area contributed by atoms with Crippen LogP contribution in [0.1, 0.15) is 40.5 Å². The van der Waals surface area contributed by atoms with Gasteiger partial charge in [0.2, 0.25) is 0 Å². The third-order valence-corrected chi connectivity index (χ3v) is 3.24. The van der Waals surface area contributed by atoms with Gasteiger partial charge in [-0.25, -0.2) is 0 Å². The summed E-state index contributed by atoms with van der Waals surface area (Å²) in [6, 6.07) is 0.821. The number of hydrogen-bond acceptors (Lipinski definition) is 3. The van der Waals surface area contributed by atoms with E-state index in [9.17, 15) is 0 Å². The molecular weight excluding hydrogens is 188 g/mol. The number of likely N-dealkylation sites (tertiary alicyclic amines) is 1. The topological polar surface area (TPSA) is 35.5 Å². The van der Waals surface area contributed by atoms with Crippen molar-refractivity contribution in [3.05, 3.63) is 0 Å². The van der Waals surface area contributed by atoms with Gasteiger partial charge in [0.1, 0.15) is 0 Å². The summed E-state index contributed by atoms with van der Waals surface area (Å²) in [5.74, 6) is 0. The maximum Gasteiger partial charge on any atom is 0.0582 e. The standard InChI is InChI=1S/C12H26N2O/c1-10(9-15)13-11-5-7-14(8-6-11)12(2,3)4/h10-11,13,15H,5-9H2,1-4H3. The van der Waals surface area contributed by atoms with E-state index in [1.165, 1.54) is 25.9 Å². The first-order valence-electron chi connectivity index (χ1n) is 6.05. The Labute approximate surface area is 93.9 Å². The van der Waals surface area contributed by atoms with Crippen molar-refractivity contribution in [2.24, 2.45) is 0 Å². The van der Waals surface area contributed by atoms with Gasteiger partial charge in [-0.3, -0.25) is 4.90 Å². The summed E-state index contributed by atoms with van der Waals surface area (Å²) >= 11 is 0. The monoisotopic (exact) mass is 214 g/mol. The molecule has 1 unspecified atom stereocenters. The number of aliphatic hydroxyl groups excluding tert-OH is 1. The summed E-state index contributed by atoms with van der Waals surface area (Å²) in [7, 11) is 0. The molecule has 1 heterocycles. The summed E-state index contributed by atoms with van der Waals surface area (Å²) < 4.78 is 0. The molecule has 1 aliphatic heterocycles. The molecule has 3 heteroatoms. The van der Waals surface area contributed by atoms with E-state index in [0.717, 1.165) is 0 Å². The normalized spacial score (nSPS) is 23.0. The van der Waals surface area contributed by atoms with Crippen LogP contribution in [0.25, 0.3) is 0 Å². The van der Waals surface area contributed by atoms with E-state index in [-0.39, 0.29) is 12.6 Å². The van der Waals surface area contributed by atoms with Gasteiger partial charge in [-0.2, -0.15) is 0 Å². The minimum Gasteiger partial charge on any atom is -0.395 e. The van der Waals surface area contributed by atoms with Crippen LogP contribution >= 0.6 is 0 Å². The fourth-order valence-corrected chi connectivity index (χ4v) is 2.17. The predicted molar refractivity (Wildman–Crippen MR) is 64.0 cm³/mol.